The van der Waals surface area contributed by atoms with Crippen molar-refractivity contribution in [1.82, 2.24) is 0 Å². The molecule has 0 radical (unpaired) electrons. The van der Waals surface area contributed by atoms with Crippen molar-refractivity contribution < 1.29 is 0 Å². The van der Waals surface area contributed by atoms with Gasteiger partial charge in [-0.1, -0.05) is 206 Å². The molecule has 0 aromatic heterocycles. The highest BCUT2D eigenvalue weighted by Gasteiger charge is 2.51. The van der Waals surface area contributed by atoms with E-state index in [9.17, 15) is 0 Å². The molecule has 1 nitrogen and oxygen atoms in total. The molecule has 11 aromatic rings. The van der Waals surface area contributed by atoms with Crippen molar-refractivity contribution in [2.45, 2.75) is 5.41 Å². The first-order chi connectivity index (χ1) is 31.7. The van der Waals surface area contributed by atoms with Crippen LogP contribution >= 0.6 is 0 Å². The van der Waals surface area contributed by atoms with Crippen molar-refractivity contribution in [3.8, 4) is 55.6 Å². The second kappa shape index (κ2) is 14.4. The Kier molecular flexibility index (Phi) is 8.20. The van der Waals surface area contributed by atoms with Gasteiger partial charge in [-0.3, -0.25) is 0 Å². The van der Waals surface area contributed by atoms with Crippen molar-refractivity contribution >= 4 is 38.6 Å². The first-order valence-electron chi connectivity index (χ1n) is 22.2. The lowest BCUT2D eigenvalue weighted by Gasteiger charge is -2.32. The molecular formula is C63H41N. The van der Waals surface area contributed by atoms with Crippen molar-refractivity contribution in [3.05, 3.63) is 271 Å². The Hall–Kier alpha value is -8.26. The Morgan fingerprint density at radius 3 is 1.34 bits per heavy atom. The average molecular weight is 812 g/mol. The summed E-state index contributed by atoms with van der Waals surface area (Å²) in [5, 5.41) is 4.91. The van der Waals surface area contributed by atoms with Gasteiger partial charge in [-0.15, -0.1) is 0 Å². The summed E-state index contributed by atoms with van der Waals surface area (Å²) in [6.07, 6.45) is 0. The molecule has 0 unspecified atom stereocenters. The van der Waals surface area contributed by atoms with E-state index in [-0.39, 0.29) is 0 Å². The van der Waals surface area contributed by atoms with E-state index in [1.54, 1.807) is 0 Å². The molecule has 0 amide bonds. The van der Waals surface area contributed by atoms with Gasteiger partial charge < -0.3 is 4.90 Å². The molecule has 0 bridgehead atoms. The summed E-state index contributed by atoms with van der Waals surface area (Å²) in [6, 6.07) is 92.3. The fraction of sp³-hybridized carbons (Fsp3) is 0.0159. The molecule has 298 valence electrons. The molecule has 0 fully saturated rings. The minimum atomic E-state index is -0.411. The maximum Gasteiger partial charge on any atom is 0.0725 e. The Bertz CT molecular complexity index is 3570. The van der Waals surface area contributed by atoms with Crippen LogP contribution in [0.5, 0.6) is 0 Å². The van der Waals surface area contributed by atoms with Crippen LogP contribution in [0.1, 0.15) is 22.3 Å². The number of nitrogens with zero attached hydrogens (tertiary/aromatic N) is 1. The number of hydrogen-bond donors (Lipinski definition) is 0. The molecule has 13 rings (SSSR count). The number of benzene rings is 11. The third-order valence-electron chi connectivity index (χ3n) is 13.9. The standard InChI is InChI=1S/C63H41N/c1-2-15-42(16-3-1)45-33-35-50(36-34-45)64(51-37-38-60-56(41-51)55-23-10-13-27-59(55)63(60)57-25-11-8-21-53(57)54-22-9-12-26-58(54)63)61-28-14-24-52(48-31-29-43-17-4-6-19-46(43)39-48)62(61)49-32-30-44-18-5-7-20-47(44)40-49/h1-41H. The lowest BCUT2D eigenvalue weighted by atomic mass is 9.70. The zero-order valence-corrected chi connectivity index (χ0v) is 35.1. The lowest BCUT2D eigenvalue weighted by Crippen LogP contribution is -2.25. The Morgan fingerprint density at radius 1 is 0.250 bits per heavy atom. The van der Waals surface area contributed by atoms with Crippen LogP contribution < -0.4 is 4.90 Å². The monoisotopic (exact) mass is 811 g/mol. The maximum atomic E-state index is 2.49. The molecule has 64 heavy (non-hydrogen) atoms. The van der Waals surface area contributed by atoms with E-state index in [1.807, 2.05) is 0 Å². The molecule has 2 aliphatic rings. The molecule has 0 saturated carbocycles. The molecule has 1 heteroatoms. The van der Waals surface area contributed by atoms with Gasteiger partial charge in [-0.2, -0.15) is 0 Å². The summed E-state index contributed by atoms with van der Waals surface area (Å²) in [6.45, 7) is 0. The normalized spacial score (nSPS) is 12.8. The fourth-order valence-electron chi connectivity index (χ4n) is 11.1. The third kappa shape index (κ3) is 5.44. The molecule has 2 aliphatic carbocycles. The minimum Gasteiger partial charge on any atom is -0.310 e. The molecule has 0 aliphatic heterocycles. The van der Waals surface area contributed by atoms with Crippen LogP contribution in [0.4, 0.5) is 17.1 Å². The fourth-order valence-corrected chi connectivity index (χ4v) is 11.1. The third-order valence-corrected chi connectivity index (χ3v) is 13.9. The van der Waals surface area contributed by atoms with E-state index in [0.29, 0.717) is 0 Å². The number of rotatable bonds is 6. The molecule has 0 saturated heterocycles. The van der Waals surface area contributed by atoms with Crippen molar-refractivity contribution in [2.24, 2.45) is 0 Å². The van der Waals surface area contributed by atoms with Crippen LogP contribution in [0, 0.1) is 0 Å². The number of fused-ring (bicyclic) bond motifs is 12. The van der Waals surface area contributed by atoms with E-state index in [2.05, 4.69) is 254 Å². The SMILES string of the molecule is c1ccc(-c2ccc(N(c3ccc4c(c3)-c3ccccc3C43c4ccccc4-c4ccccc43)c3cccc(-c4ccc5ccccc5c4)c3-c3ccc4ccccc4c3)cc2)cc1. The molecule has 0 N–H and O–H groups in total. The van der Waals surface area contributed by atoms with Crippen molar-refractivity contribution in [1.29, 1.82) is 0 Å². The van der Waals surface area contributed by atoms with Crippen LogP contribution in [0.25, 0.3) is 77.2 Å². The van der Waals surface area contributed by atoms with Gasteiger partial charge in [0.25, 0.3) is 0 Å². The van der Waals surface area contributed by atoms with Gasteiger partial charge in [0, 0.05) is 16.9 Å². The largest absolute Gasteiger partial charge is 0.310 e. The highest BCUT2D eigenvalue weighted by Crippen LogP contribution is 2.63. The van der Waals surface area contributed by atoms with Gasteiger partial charge in [0.1, 0.15) is 0 Å². The Morgan fingerprint density at radius 2 is 0.703 bits per heavy atom. The van der Waals surface area contributed by atoms with Crippen LogP contribution in [0.2, 0.25) is 0 Å². The Labute approximate surface area is 373 Å². The molecule has 11 aromatic carbocycles. The summed E-state index contributed by atoms with van der Waals surface area (Å²) in [7, 11) is 0. The van der Waals surface area contributed by atoms with Gasteiger partial charge >= 0.3 is 0 Å². The lowest BCUT2D eigenvalue weighted by molar-refractivity contribution is 0.794. The van der Waals surface area contributed by atoms with Gasteiger partial charge in [0.05, 0.1) is 11.1 Å². The topological polar surface area (TPSA) is 3.24 Å². The zero-order chi connectivity index (χ0) is 42.2. The zero-order valence-electron chi connectivity index (χ0n) is 35.1. The van der Waals surface area contributed by atoms with E-state index < -0.39 is 5.41 Å². The van der Waals surface area contributed by atoms with Crippen LogP contribution in [0.15, 0.2) is 249 Å². The summed E-state index contributed by atoms with van der Waals surface area (Å²) in [5.41, 5.74) is 20.6. The average Bonchev–Trinajstić information content (AvgIpc) is 3.84. The van der Waals surface area contributed by atoms with Crippen molar-refractivity contribution in [3.63, 3.8) is 0 Å². The second-order valence-electron chi connectivity index (χ2n) is 17.2. The smallest absolute Gasteiger partial charge is 0.0725 e. The number of anilines is 3. The highest BCUT2D eigenvalue weighted by molar-refractivity contribution is 6.02. The molecular weight excluding hydrogens is 771 g/mol. The predicted octanol–water partition coefficient (Wildman–Crippen LogP) is 16.8. The van der Waals surface area contributed by atoms with Gasteiger partial charge in [0.2, 0.25) is 0 Å². The minimum absolute atomic E-state index is 0.411. The molecule has 0 heterocycles. The van der Waals surface area contributed by atoms with E-state index >= 15 is 0 Å². The van der Waals surface area contributed by atoms with Gasteiger partial charge in [0.15, 0.2) is 0 Å². The van der Waals surface area contributed by atoms with Gasteiger partial charge in [-0.25, -0.2) is 0 Å². The summed E-state index contributed by atoms with van der Waals surface area (Å²) in [5.74, 6) is 0. The molecule has 1 spiro atoms. The summed E-state index contributed by atoms with van der Waals surface area (Å²) in [4.78, 5) is 2.49. The second-order valence-corrected chi connectivity index (χ2v) is 17.2. The van der Waals surface area contributed by atoms with Crippen LogP contribution in [-0.4, -0.2) is 0 Å². The first kappa shape index (κ1) is 36.4. The Balaban J connectivity index is 1.08. The summed E-state index contributed by atoms with van der Waals surface area (Å²) < 4.78 is 0. The van der Waals surface area contributed by atoms with E-state index in [0.717, 1.165) is 17.1 Å². The quantitative estimate of drug-likeness (QED) is 0.162. The maximum absolute atomic E-state index is 2.49. The van der Waals surface area contributed by atoms with Crippen LogP contribution in [0.3, 0.4) is 0 Å². The van der Waals surface area contributed by atoms with E-state index in [1.165, 1.54) is 99.4 Å². The number of hydrogen-bond acceptors (Lipinski definition) is 1. The molecule has 0 atom stereocenters. The van der Waals surface area contributed by atoms with Gasteiger partial charge in [-0.05, 0) is 136 Å². The highest BCUT2D eigenvalue weighted by atomic mass is 15.1. The van der Waals surface area contributed by atoms with E-state index in [4.69, 9.17) is 0 Å². The summed E-state index contributed by atoms with van der Waals surface area (Å²) >= 11 is 0. The first-order valence-corrected chi connectivity index (χ1v) is 22.2. The van der Waals surface area contributed by atoms with Crippen LogP contribution in [-0.2, 0) is 5.41 Å². The van der Waals surface area contributed by atoms with Crippen molar-refractivity contribution in [2.75, 3.05) is 4.90 Å². The predicted molar refractivity (Wildman–Crippen MR) is 269 cm³/mol.